The molecule has 0 heterocycles. The Hall–Kier alpha value is 0.0300. The molecule has 10 heavy (non-hydrogen) atoms. The summed E-state index contributed by atoms with van der Waals surface area (Å²) in [5.41, 5.74) is 12.4. The van der Waals surface area contributed by atoms with Gasteiger partial charge in [0.15, 0.2) is 0 Å². The van der Waals surface area contributed by atoms with E-state index in [0.717, 1.165) is 8.04 Å². The van der Waals surface area contributed by atoms with Gasteiger partial charge in [-0.15, -0.1) is 0 Å². The second-order valence-electron chi connectivity index (χ2n) is 1.86. The maximum Gasteiger partial charge on any atom is 0.0694 e. The summed E-state index contributed by atoms with van der Waals surface area (Å²) in [6.45, 7) is 0. The predicted molar refractivity (Wildman–Crippen MR) is 55.7 cm³/mol. The molecule has 0 aromatic heterocycles. The van der Waals surface area contributed by atoms with Crippen molar-refractivity contribution in [3.8, 4) is 0 Å². The highest BCUT2D eigenvalue weighted by Crippen LogP contribution is 2.28. The number of hydrogen-bond acceptors (Lipinski definition) is 2. The van der Waals surface area contributed by atoms with Crippen LogP contribution in [0.5, 0.6) is 0 Å². The molecule has 0 aliphatic rings. The largest absolute Gasteiger partial charge is 0.397 e. The van der Waals surface area contributed by atoms with Crippen LogP contribution >= 0.6 is 38.5 Å². The van der Waals surface area contributed by atoms with Gasteiger partial charge in [-0.2, -0.15) is 0 Å². The highest BCUT2D eigenvalue weighted by Gasteiger charge is 2.02. The Bertz CT molecular complexity index is 235. The summed E-state index contributed by atoms with van der Waals surface area (Å²) in [5, 5.41) is 0. The van der Waals surface area contributed by atoms with E-state index in [-0.39, 0.29) is 0 Å². The molecule has 0 saturated heterocycles. The summed E-state index contributed by atoms with van der Waals surface area (Å²) in [4.78, 5) is 0. The zero-order valence-corrected chi connectivity index (χ0v) is 8.81. The lowest BCUT2D eigenvalue weighted by atomic mass is 10.3. The van der Waals surface area contributed by atoms with Crippen LogP contribution in [0.3, 0.4) is 0 Å². The van der Waals surface area contributed by atoms with Crippen molar-refractivity contribution < 1.29 is 0 Å². The minimum Gasteiger partial charge on any atom is -0.397 e. The van der Waals surface area contributed by atoms with Crippen molar-refractivity contribution in [3.63, 3.8) is 0 Å². The minimum absolute atomic E-state index is 0.632. The predicted octanol–water partition coefficient (Wildman–Crippen LogP) is 2.22. The Balaban J connectivity index is 3.34. The Morgan fingerprint density at radius 2 is 1.90 bits per heavy atom. The van der Waals surface area contributed by atoms with Crippen molar-refractivity contribution in [3.05, 3.63) is 20.2 Å². The number of nitrogens with two attached hydrogens (primary N) is 2. The molecule has 0 radical (unpaired) electrons. The maximum absolute atomic E-state index is 5.62. The quantitative estimate of drug-likeness (QED) is 0.570. The van der Waals surface area contributed by atoms with Crippen molar-refractivity contribution in [1.29, 1.82) is 0 Å². The summed E-state index contributed by atoms with van der Waals surface area (Å²) in [6, 6.07) is 3.66. The molecule has 1 aromatic carbocycles. The average molecular weight is 313 g/mol. The van der Waals surface area contributed by atoms with Gasteiger partial charge in [0.1, 0.15) is 0 Å². The standard InChI is InChI=1S/C6H6BrIN2/c7-3-1-2-4(9)6(10)5(3)8/h1-2H,9-10H2. The van der Waals surface area contributed by atoms with Crippen molar-refractivity contribution in [2.45, 2.75) is 0 Å². The Morgan fingerprint density at radius 3 is 2.40 bits per heavy atom. The number of hydrogen-bond donors (Lipinski definition) is 2. The van der Waals surface area contributed by atoms with Gasteiger partial charge in [0.2, 0.25) is 0 Å². The molecule has 0 spiro atoms. The molecular weight excluding hydrogens is 307 g/mol. The van der Waals surface area contributed by atoms with Gasteiger partial charge in [0.25, 0.3) is 0 Å². The van der Waals surface area contributed by atoms with E-state index in [2.05, 4.69) is 38.5 Å². The normalized spacial score (nSPS) is 9.80. The van der Waals surface area contributed by atoms with Crippen molar-refractivity contribution in [1.82, 2.24) is 0 Å². The van der Waals surface area contributed by atoms with Crippen LogP contribution in [0, 0.1) is 3.57 Å². The summed E-state index contributed by atoms with van der Waals surface area (Å²) in [5.74, 6) is 0. The number of halogens is 2. The van der Waals surface area contributed by atoms with Gasteiger partial charge in [0.05, 0.1) is 14.9 Å². The van der Waals surface area contributed by atoms with Gasteiger partial charge >= 0.3 is 0 Å². The topological polar surface area (TPSA) is 52.0 Å². The van der Waals surface area contributed by atoms with Gasteiger partial charge in [-0.3, -0.25) is 0 Å². The number of anilines is 2. The highest BCUT2D eigenvalue weighted by atomic mass is 127. The van der Waals surface area contributed by atoms with Gasteiger partial charge in [-0.05, 0) is 50.7 Å². The molecule has 4 N–H and O–H groups in total. The molecule has 0 amide bonds. The van der Waals surface area contributed by atoms with E-state index in [1.807, 2.05) is 6.07 Å². The van der Waals surface area contributed by atoms with Crippen molar-refractivity contribution >= 4 is 49.9 Å². The lowest BCUT2D eigenvalue weighted by molar-refractivity contribution is 1.57. The number of benzene rings is 1. The van der Waals surface area contributed by atoms with E-state index in [0.29, 0.717) is 11.4 Å². The van der Waals surface area contributed by atoms with E-state index in [1.54, 1.807) is 6.07 Å². The first-order valence-corrected chi connectivity index (χ1v) is 4.49. The van der Waals surface area contributed by atoms with Crippen LogP contribution in [0.15, 0.2) is 16.6 Å². The van der Waals surface area contributed by atoms with Crippen LogP contribution < -0.4 is 11.5 Å². The molecule has 0 aliphatic carbocycles. The van der Waals surface area contributed by atoms with Crippen LogP contribution in [0.2, 0.25) is 0 Å². The zero-order valence-electron chi connectivity index (χ0n) is 5.07. The van der Waals surface area contributed by atoms with E-state index < -0.39 is 0 Å². The summed E-state index contributed by atoms with van der Waals surface area (Å²) < 4.78 is 1.96. The van der Waals surface area contributed by atoms with Crippen LogP contribution in [0.1, 0.15) is 0 Å². The second-order valence-corrected chi connectivity index (χ2v) is 3.80. The Kier molecular flexibility index (Phi) is 2.40. The van der Waals surface area contributed by atoms with Crippen molar-refractivity contribution in [2.24, 2.45) is 0 Å². The van der Waals surface area contributed by atoms with Crippen LogP contribution in [0.4, 0.5) is 11.4 Å². The molecule has 0 bridgehead atoms. The van der Waals surface area contributed by atoms with Crippen LogP contribution in [0.25, 0.3) is 0 Å². The number of nitrogen functional groups attached to an aromatic ring is 2. The van der Waals surface area contributed by atoms with Gasteiger partial charge in [-0.1, -0.05) is 0 Å². The van der Waals surface area contributed by atoms with E-state index in [4.69, 9.17) is 11.5 Å². The van der Waals surface area contributed by atoms with E-state index in [9.17, 15) is 0 Å². The molecule has 0 atom stereocenters. The average Bonchev–Trinajstić information content (AvgIpc) is 1.93. The van der Waals surface area contributed by atoms with E-state index >= 15 is 0 Å². The summed E-state index contributed by atoms with van der Waals surface area (Å²) in [7, 11) is 0. The lowest BCUT2D eigenvalue weighted by Crippen LogP contribution is -1.96. The third-order valence-electron chi connectivity index (χ3n) is 1.17. The van der Waals surface area contributed by atoms with Gasteiger partial charge < -0.3 is 11.5 Å². The molecule has 0 aliphatic heterocycles. The first-order chi connectivity index (χ1) is 4.63. The fourth-order valence-corrected chi connectivity index (χ4v) is 1.42. The minimum atomic E-state index is 0.632. The first-order valence-electron chi connectivity index (χ1n) is 2.62. The monoisotopic (exact) mass is 312 g/mol. The highest BCUT2D eigenvalue weighted by molar-refractivity contribution is 14.1. The Labute approximate surface area is 81.2 Å². The third-order valence-corrected chi connectivity index (χ3v) is 3.73. The first kappa shape index (κ1) is 8.13. The van der Waals surface area contributed by atoms with Gasteiger partial charge in [0, 0.05) is 4.47 Å². The van der Waals surface area contributed by atoms with Crippen LogP contribution in [-0.2, 0) is 0 Å². The zero-order chi connectivity index (χ0) is 7.72. The Morgan fingerprint density at radius 1 is 1.30 bits per heavy atom. The fraction of sp³-hybridized carbons (Fsp3) is 0. The SMILES string of the molecule is Nc1ccc(Br)c(I)c1N. The third kappa shape index (κ3) is 1.37. The van der Waals surface area contributed by atoms with E-state index in [1.165, 1.54) is 0 Å². The molecule has 0 fully saturated rings. The molecule has 1 rings (SSSR count). The smallest absolute Gasteiger partial charge is 0.0694 e. The second kappa shape index (κ2) is 2.96. The fourth-order valence-electron chi connectivity index (χ4n) is 0.581. The van der Waals surface area contributed by atoms with Gasteiger partial charge in [-0.25, -0.2) is 0 Å². The molecule has 1 aromatic rings. The lowest BCUT2D eigenvalue weighted by Gasteiger charge is -2.03. The summed E-state index contributed by atoms with van der Waals surface area (Å²) in [6.07, 6.45) is 0. The number of rotatable bonds is 0. The molecule has 0 unspecified atom stereocenters. The molecule has 2 nitrogen and oxygen atoms in total. The molecule has 4 heteroatoms. The summed E-state index contributed by atoms with van der Waals surface area (Å²) >= 11 is 5.48. The molecular formula is C6H6BrIN2. The van der Waals surface area contributed by atoms with Crippen molar-refractivity contribution in [2.75, 3.05) is 11.5 Å². The molecule has 54 valence electrons. The van der Waals surface area contributed by atoms with Crippen LogP contribution in [-0.4, -0.2) is 0 Å². The molecule has 0 saturated carbocycles. The maximum atomic E-state index is 5.62.